The summed E-state index contributed by atoms with van der Waals surface area (Å²) in [4.78, 5) is 23.1. The predicted octanol–water partition coefficient (Wildman–Crippen LogP) is 2.89. The number of hydrogen-bond donors (Lipinski definition) is 2. The van der Waals surface area contributed by atoms with Gasteiger partial charge in [-0.05, 0) is 31.9 Å². The lowest BCUT2D eigenvalue weighted by atomic mass is 10.1. The number of carbonyl (C=O) groups is 1. The molecule has 144 valence electrons. The molecule has 6 heteroatoms. The number of rotatable bonds is 5. The highest BCUT2D eigenvalue weighted by Gasteiger charge is 2.29. The molecule has 1 aliphatic carbocycles. The first kappa shape index (κ1) is 18.0. The first-order valence-corrected chi connectivity index (χ1v) is 9.90. The third-order valence-electron chi connectivity index (χ3n) is 5.83. The maximum absolute atomic E-state index is 12.6. The number of benzene rings is 1. The number of fused-ring (bicyclic) bond motifs is 1. The second-order valence-electron chi connectivity index (χ2n) is 7.63. The lowest BCUT2D eigenvalue weighted by Gasteiger charge is -2.31. The minimum Gasteiger partial charge on any atom is -0.497 e. The summed E-state index contributed by atoms with van der Waals surface area (Å²) in [6.07, 6.45) is 5.55. The van der Waals surface area contributed by atoms with Crippen LogP contribution in [0.15, 0.2) is 24.3 Å². The number of nitrogens with zero attached hydrogens (tertiary/aromatic N) is 2. The summed E-state index contributed by atoms with van der Waals surface area (Å²) in [6, 6.07) is 8.16. The van der Waals surface area contributed by atoms with Crippen molar-refractivity contribution in [2.24, 2.45) is 0 Å². The Bertz CT molecular complexity index is 810. The van der Waals surface area contributed by atoms with Gasteiger partial charge in [0.25, 0.3) is 0 Å². The largest absolute Gasteiger partial charge is 0.497 e. The summed E-state index contributed by atoms with van der Waals surface area (Å²) in [6.45, 7) is 3.59. The molecule has 6 nitrogen and oxygen atoms in total. The number of carbonyl (C=O) groups excluding carboxylic acids is 1. The number of ether oxygens (including phenoxy) is 1. The van der Waals surface area contributed by atoms with Crippen LogP contribution < -0.4 is 10.1 Å². The SMILES string of the molecule is COc1cccc(-c2nc3c([nH]2)CN(C(C)C(=O)NC2CCCC2)CC3)c1. The van der Waals surface area contributed by atoms with Gasteiger partial charge in [-0.3, -0.25) is 9.69 Å². The maximum atomic E-state index is 12.6. The third-order valence-corrected chi connectivity index (χ3v) is 5.83. The first-order chi connectivity index (χ1) is 13.1. The number of imidazole rings is 1. The number of H-pyrrole nitrogens is 1. The number of aromatic amines is 1. The van der Waals surface area contributed by atoms with Crippen LogP contribution in [0, 0.1) is 0 Å². The molecule has 2 aromatic rings. The summed E-state index contributed by atoms with van der Waals surface area (Å²) >= 11 is 0. The minimum absolute atomic E-state index is 0.123. The van der Waals surface area contributed by atoms with E-state index in [9.17, 15) is 4.79 Å². The average Bonchev–Trinajstić information content (AvgIpc) is 3.36. The molecule has 1 aromatic carbocycles. The van der Waals surface area contributed by atoms with Gasteiger partial charge in [-0.15, -0.1) is 0 Å². The molecule has 1 aliphatic heterocycles. The molecule has 0 radical (unpaired) electrons. The fourth-order valence-corrected chi connectivity index (χ4v) is 4.11. The van der Waals surface area contributed by atoms with Crippen molar-refractivity contribution in [2.45, 2.75) is 57.7 Å². The van der Waals surface area contributed by atoms with Crippen molar-refractivity contribution in [3.05, 3.63) is 35.7 Å². The van der Waals surface area contributed by atoms with Crippen LogP contribution in [0.2, 0.25) is 0 Å². The fraction of sp³-hybridized carbons (Fsp3) is 0.524. The van der Waals surface area contributed by atoms with Crippen LogP contribution in [0.25, 0.3) is 11.4 Å². The van der Waals surface area contributed by atoms with E-state index in [0.29, 0.717) is 6.04 Å². The molecular formula is C21H28N4O2. The van der Waals surface area contributed by atoms with Gasteiger partial charge in [-0.2, -0.15) is 0 Å². The third kappa shape index (κ3) is 3.86. The van der Waals surface area contributed by atoms with Crippen LogP contribution in [0.3, 0.4) is 0 Å². The van der Waals surface area contributed by atoms with Gasteiger partial charge in [-0.1, -0.05) is 25.0 Å². The van der Waals surface area contributed by atoms with Crippen molar-refractivity contribution in [1.29, 1.82) is 0 Å². The Balaban J connectivity index is 1.45. The lowest BCUT2D eigenvalue weighted by molar-refractivity contribution is -0.126. The van der Waals surface area contributed by atoms with E-state index < -0.39 is 0 Å². The molecular weight excluding hydrogens is 340 g/mol. The van der Waals surface area contributed by atoms with Crippen LogP contribution in [0.4, 0.5) is 0 Å². The van der Waals surface area contributed by atoms with Crippen molar-refractivity contribution < 1.29 is 9.53 Å². The summed E-state index contributed by atoms with van der Waals surface area (Å²) in [5, 5.41) is 3.22. The van der Waals surface area contributed by atoms with E-state index in [1.165, 1.54) is 12.8 Å². The number of amides is 1. The van der Waals surface area contributed by atoms with Crippen LogP contribution in [-0.4, -0.2) is 46.5 Å². The zero-order valence-corrected chi connectivity index (χ0v) is 16.1. The Morgan fingerprint density at radius 2 is 2.19 bits per heavy atom. The molecule has 2 aliphatic rings. The Kier molecular flexibility index (Phi) is 5.16. The van der Waals surface area contributed by atoms with E-state index in [0.717, 1.165) is 60.9 Å². The first-order valence-electron chi connectivity index (χ1n) is 9.90. The molecule has 1 atom stereocenters. The molecule has 0 bridgehead atoms. The number of aromatic nitrogens is 2. The Hall–Kier alpha value is -2.34. The van der Waals surface area contributed by atoms with Gasteiger partial charge in [0.15, 0.2) is 0 Å². The van der Waals surface area contributed by atoms with E-state index in [4.69, 9.17) is 9.72 Å². The summed E-state index contributed by atoms with van der Waals surface area (Å²) in [5.41, 5.74) is 3.23. The smallest absolute Gasteiger partial charge is 0.237 e. The van der Waals surface area contributed by atoms with E-state index in [1.54, 1.807) is 7.11 Å². The molecule has 4 rings (SSSR count). The van der Waals surface area contributed by atoms with Gasteiger partial charge in [0.1, 0.15) is 11.6 Å². The molecule has 0 spiro atoms. The van der Waals surface area contributed by atoms with Gasteiger partial charge in [0.05, 0.1) is 24.5 Å². The topological polar surface area (TPSA) is 70.2 Å². The molecule has 2 N–H and O–H groups in total. The van der Waals surface area contributed by atoms with Crippen molar-refractivity contribution in [3.63, 3.8) is 0 Å². The monoisotopic (exact) mass is 368 g/mol. The standard InChI is InChI=1S/C21H28N4O2/c1-14(21(26)22-16-7-3-4-8-16)25-11-10-18-19(13-25)24-20(23-18)15-6-5-9-17(12-15)27-2/h5-6,9,12,14,16H,3-4,7-8,10-11,13H2,1-2H3,(H,22,26)(H,23,24). The van der Waals surface area contributed by atoms with Gasteiger partial charge < -0.3 is 15.0 Å². The lowest BCUT2D eigenvalue weighted by Crippen LogP contribution is -2.49. The summed E-state index contributed by atoms with van der Waals surface area (Å²) in [5.74, 6) is 1.84. The minimum atomic E-state index is -0.123. The predicted molar refractivity (Wildman–Crippen MR) is 105 cm³/mol. The van der Waals surface area contributed by atoms with E-state index >= 15 is 0 Å². The van der Waals surface area contributed by atoms with Crippen LogP contribution >= 0.6 is 0 Å². The molecule has 1 amide bonds. The van der Waals surface area contributed by atoms with Gasteiger partial charge in [-0.25, -0.2) is 4.98 Å². The van der Waals surface area contributed by atoms with Crippen LogP contribution in [-0.2, 0) is 17.8 Å². The van der Waals surface area contributed by atoms with E-state index in [1.807, 2.05) is 31.2 Å². The van der Waals surface area contributed by atoms with Crippen molar-refractivity contribution in [3.8, 4) is 17.1 Å². The molecule has 27 heavy (non-hydrogen) atoms. The molecule has 1 saturated carbocycles. The summed E-state index contributed by atoms with van der Waals surface area (Å²) in [7, 11) is 1.67. The highest BCUT2D eigenvalue weighted by molar-refractivity contribution is 5.81. The normalized spacial score (nSPS) is 18.9. The van der Waals surface area contributed by atoms with Gasteiger partial charge >= 0.3 is 0 Å². The number of methoxy groups -OCH3 is 1. The maximum Gasteiger partial charge on any atom is 0.237 e. The molecule has 1 aromatic heterocycles. The van der Waals surface area contributed by atoms with Crippen molar-refractivity contribution in [2.75, 3.05) is 13.7 Å². The quantitative estimate of drug-likeness (QED) is 0.851. The van der Waals surface area contributed by atoms with Crippen molar-refractivity contribution >= 4 is 5.91 Å². The van der Waals surface area contributed by atoms with E-state index in [2.05, 4.69) is 15.2 Å². The van der Waals surface area contributed by atoms with Crippen LogP contribution in [0.5, 0.6) is 5.75 Å². The number of hydrogen-bond acceptors (Lipinski definition) is 4. The second-order valence-corrected chi connectivity index (χ2v) is 7.63. The second kappa shape index (κ2) is 7.72. The Morgan fingerprint density at radius 1 is 1.37 bits per heavy atom. The van der Waals surface area contributed by atoms with Gasteiger partial charge in [0.2, 0.25) is 5.91 Å². The fourth-order valence-electron chi connectivity index (χ4n) is 4.11. The van der Waals surface area contributed by atoms with Gasteiger partial charge in [0, 0.05) is 31.1 Å². The highest BCUT2D eigenvalue weighted by Crippen LogP contribution is 2.26. The summed E-state index contributed by atoms with van der Waals surface area (Å²) < 4.78 is 5.31. The average molecular weight is 368 g/mol. The Morgan fingerprint density at radius 3 is 2.96 bits per heavy atom. The van der Waals surface area contributed by atoms with Crippen molar-refractivity contribution in [1.82, 2.24) is 20.2 Å². The Labute approximate surface area is 160 Å². The van der Waals surface area contributed by atoms with Crippen LogP contribution in [0.1, 0.15) is 44.0 Å². The molecule has 1 fully saturated rings. The van der Waals surface area contributed by atoms with E-state index in [-0.39, 0.29) is 11.9 Å². The highest BCUT2D eigenvalue weighted by atomic mass is 16.5. The zero-order chi connectivity index (χ0) is 18.8. The number of nitrogens with one attached hydrogen (secondary N) is 2. The zero-order valence-electron chi connectivity index (χ0n) is 16.1. The molecule has 1 unspecified atom stereocenters. The molecule has 0 saturated heterocycles. The molecule has 2 heterocycles.